The van der Waals surface area contributed by atoms with Crippen molar-refractivity contribution in [1.82, 2.24) is 9.55 Å². The van der Waals surface area contributed by atoms with Gasteiger partial charge in [0.15, 0.2) is 0 Å². The summed E-state index contributed by atoms with van der Waals surface area (Å²) in [7, 11) is 0. The second-order valence-electron chi connectivity index (χ2n) is 19.9. The Kier molecular flexibility index (Phi) is 11.7. The van der Waals surface area contributed by atoms with Crippen LogP contribution in [0.4, 0.5) is 27.1 Å². The second kappa shape index (κ2) is 18.8. The molecule has 12 rings (SSSR count). The first-order valence-corrected chi connectivity index (χ1v) is 25.3. The van der Waals surface area contributed by atoms with Gasteiger partial charge in [0.2, 0.25) is 0 Å². The first kappa shape index (κ1) is 45.4. The van der Waals surface area contributed by atoms with Crippen molar-refractivity contribution in [2.24, 2.45) is 0 Å². The van der Waals surface area contributed by atoms with E-state index < -0.39 is 0 Å². The topological polar surface area (TPSA) is 33.5 Å². The largest absolute Gasteiger partial charge is 0.457 e. The molecule has 0 atom stereocenters. The predicted molar refractivity (Wildman–Crippen MR) is 302 cm³/mol. The number of aryl methyl sites for hydroxylation is 1. The van der Waals surface area contributed by atoms with Crippen LogP contribution in [-0.2, 0) is 0 Å². The highest BCUT2D eigenvalue weighted by atomic mass is 19.1. The van der Waals surface area contributed by atoms with Gasteiger partial charge in [0, 0.05) is 40.5 Å². The van der Waals surface area contributed by atoms with Gasteiger partial charge in [0.1, 0.15) is 29.8 Å². The number of hydrogen-bond donors (Lipinski definition) is 0. The molecule has 0 amide bonds. The highest BCUT2D eigenvalue weighted by Gasteiger charge is 2.33. The number of hydrogen-bond acceptors (Lipinski definition) is 4. The highest BCUT2D eigenvalue weighted by Crippen LogP contribution is 2.51. The van der Waals surface area contributed by atoms with Gasteiger partial charge < -0.3 is 14.5 Å². The third kappa shape index (κ3) is 8.59. The van der Waals surface area contributed by atoms with E-state index in [0.29, 0.717) is 6.67 Å². The van der Waals surface area contributed by atoms with Gasteiger partial charge in [-0.1, -0.05) is 131 Å². The molecule has 1 aliphatic heterocycles. The number of fused-ring (bicyclic) bond motifs is 4. The van der Waals surface area contributed by atoms with E-state index in [4.69, 9.17) is 9.72 Å². The lowest BCUT2D eigenvalue weighted by Gasteiger charge is -2.30. The number of ether oxygens (including phenoxy) is 1. The lowest BCUT2D eigenvalue weighted by atomic mass is 9.87. The summed E-state index contributed by atoms with van der Waals surface area (Å²) in [6, 6.07) is 74.1. The summed E-state index contributed by atoms with van der Waals surface area (Å²) in [6.45, 7) is 11.8. The third-order valence-electron chi connectivity index (χ3n) is 14.3. The molecular formula is C67H55FN4O. The van der Waals surface area contributed by atoms with Crippen LogP contribution < -0.4 is 14.5 Å². The van der Waals surface area contributed by atoms with Gasteiger partial charge >= 0.3 is 0 Å². The summed E-state index contributed by atoms with van der Waals surface area (Å²) < 4.78 is 23.6. The fraction of sp³-hybridized carbons (Fsp3) is 0.119. The summed E-state index contributed by atoms with van der Waals surface area (Å²) in [5.41, 5.74) is 19.1. The summed E-state index contributed by atoms with van der Waals surface area (Å²) in [4.78, 5) is 9.75. The van der Waals surface area contributed by atoms with E-state index >= 15 is 0 Å². The lowest BCUT2D eigenvalue weighted by Crippen LogP contribution is -2.26. The second-order valence-corrected chi connectivity index (χ2v) is 19.9. The molecule has 73 heavy (non-hydrogen) atoms. The molecule has 0 fully saturated rings. The average molecular weight is 951 g/mol. The Hall–Kier alpha value is -8.74. The number of rotatable bonds is 11. The molecule has 1 aliphatic rings. The van der Waals surface area contributed by atoms with Crippen LogP contribution in [-0.4, -0.2) is 16.2 Å². The standard InChI is InChI=1S/C67H55FN4O/c1-43(2)60-38-53(48-24-26-54(68)27-25-48)39-61(44(3)4)67(60)71-42-70(63-30-23-45(5)32-65(63)71)55-36-52(51-34-49(46-16-8-6-9-17-46)33-50(35-51)47-18-10-7-11-19-47)37-57(40-55)73-56-28-29-59-58-20-12-13-21-62(58)72(64(59)41-56)66-22-14-15-31-69-66/h6-41,43-44H,42H2,1-5H3. The quantitative estimate of drug-likeness (QED) is 0.129. The molecule has 6 heteroatoms. The molecule has 0 saturated heterocycles. The number of anilines is 4. The molecular weight excluding hydrogens is 896 g/mol. The van der Waals surface area contributed by atoms with Crippen LogP contribution in [0.2, 0.25) is 0 Å². The molecule has 2 aromatic heterocycles. The number of nitrogens with zero attached hydrogens (tertiary/aromatic N) is 4. The normalized spacial score (nSPS) is 12.4. The van der Waals surface area contributed by atoms with Crippen molar-refractivity contribution in [3.05, 3.63) is 241 Å². The minimum absolute atomic E-state index is 0.211. The molecule has 0 bridgehead atoms. The summed E-state index contributed by atoms with van der Waals surface area (Å²) >= 11 is 0. The maximum Gasteiger partial charge on any atom is 0.137 e. The molecule has 11 aromatic rings. The zero-order valence-electron chi connectivity index (χ0n) is 41.7. The molecule has 9 aromatic carbocycles. The van der Waals surface area contributed by atoms with E-state index in [2.05, 4.69) is 225 Å². The summed E-state index contributed by atoms with van der Waals surface area (Å²) in [5, 5.41) is 2.29. The Morgan fingerprint density at radius 2 is 1.04 bits per heavy atom. The van der Waals surface area contributed by atoms with Crippen LogP contribution in [0.1, 0.15) is 56.2 Å². The third-order valence-corrected chi connectivity index (χ3v) is 14.3. The minimum Gasteiger partial charge on any atom is -0.457 e. The van der Waals surface area contributed by atoms with Crippen LogP contribution in [0.25, 0.3) is 72.1 Å². The molecule has 356 valence electrons. The van der Waals surface area contributed by atoms with Crippen molar-refractivity contribution in [1.29, 1.82) is 0 Å². The lowest BCUT2D eigenvalue weighted by molar-refractivity contribution is 0.483. The summed E-state index contributed by atoms with van der Waals surface area (Å²) in [5.74, 6) is 2.48. The van der Waals surface area contributed by atoms with Crippen molar-refractivity contribution in [2.75, 3.05) is 16.5 Å². The first-order chi connectivity index (χ1) is 35.6. The minimum atomic E-state index is -0.235. The van der Waals surface area contributed by atoms with Gasteiger partial charge in [-0.15, -0.1) is 0 Å². The van der Waals surface area contributed by atoms with Crippen LogP contribution in [0.5, 0.6) is 11.5 Å². The number of benzene rings is 9. The molecule has 0 spiro atoms. The number of para-hydroxylation sites is 1. The van der Waals surface area contributed by atoms with Gasteiger partial charge in [-0.2, -0.15) is 0 Å². The number of aromatic nitrogens is 2. The molecule has 0 N–H and O–H groups in total. The van der Waals surface area contributed by atoms with Crippen molar-refractivity contribution in [3.63, 3.8) is 0 Å². The molecule has 5 nitrogen and oxygen atoms in total. The van der Waals surface area contributed by atoms with E-state index in [1.807, 2.05) is 30.5 Å². The van der Waals surface area contributed by atoms with Crippen molar-refractivity contribution >= 4 is 44.6 Å². The Labute approximate surface area is 427 Å². The van der Waals surface area contributed by atoms with E-state index in [1.54, 1.807) is 12.1 Å². The van der Waals surface area contributed by atoms with Gasteiger partial charge in [-0.05, 0) is 177 Å². The van der Waals surface area contributed by atoms with Gasteiger partial charge in [0.25, 0.3) is 0 Å². The van der Waals surface area contributed by atoms with Gasteiger partial charge in [-0.25, -0.2) is 9.37 Å². The van der Waals surface area contributed by atoms with E-state index in [0.717, 1.165) is 101 Å². The van der Waals surface area contributed by atoms with Gasteiger partial charge in [0.05, 0.1) is 22.4 Å². The fourth-order valence-corrected chi connectivity index (χ4v) is 10.7. The van der Waals surface area contributed by atoms with E-state index in [1.165, 1.54) is 22.4 Å². The fourth-order valence-electron chi connectivity index (χ4n) is 10.7. The van der Waals surface area contributed by atoms with E-state index in [-0.39, 0.29) is 17.7 Å². The van der Waals surface area contributed by atoms with Crippen molar-refractivity contribution in [3.8, 4) is 61.8 Å². The Balaban J connectivity index is 1.04. The molecule has 0 aliphatic carbocycles. The first-order valence-electron chi connectivity index (χ1n) is 25.3. The maximum atomic E-state index is 14.2. The highest BCUT2D eigenvalue weighted by molar-refractivity contribution is 6.09. The van der Waals surface area contributed by atoms with Crippen LogP contribution in [0.3, 0.4) is 0 Å². The molecule has 0 unspecified atom stereocenters. The Morgan fingerprint density at radius 3 is 1.70 bits per heavy atom. The monoisotopic (exact) mass is 950 g/mol. The zero-order chi connectivity index (χ0) is 49.7. The summed E-state index contributed by atoms with van der Waals surface area (Å²) in [6.07, 6.45) is 1.84. The van der Waals surface area contributed by atoms with Crippen LogP contribution in [0.15, 0.2) is 219 Å². The average Bonchev–Trinajstić information content (AvgIpc) is 3.96. The van der Waals surface area contributed by atoms with Crippen molar-refractivity contribution < 1.29 is 9.13 Å². The smallest absolute Gasteiger partial charge is 0.137 e. The van der Waals surface area contributed by atoms with Crippen LogP contribution in [0, 0.1) is 12.7 Å². The van der Waals surface area contributed by atoms with Gasteiger partial charge in [-0.3, -0.25) is 4.57 Å². The number of pyridine rings is 1. The Morgan fingerprint density at radius 1 is 0.452 bits per heavy atom. The molecule has 0 saturated carbocycles. The van der Waals surface area contributed by atoms with E-state index in [9.17, 15) is 4.39 Å². The predicted octanol–water partition coefficient (Wildman–Crippen LogP) is 18.6. The van der Waals surface area contributed by atoms with Crippen LogP contribution >= 0.6 is 0 Å². The molecule has 3 heterocycles. The molecule has 0 radical (unpaired) electrons. The maximum absolute atomic E-state index is 14.2. The SMILES string of the molecule is Cc1ccc2c(c1)N(c1c(C(C)C)cc(-c3ccc(F)cc3)cc1C(C)C)CN2c1cc(Oc2ccc3c4ccccc4n(-c4ccccn4)c3c2)cc(-c2cc(-c3ccccc3)cc(-c3ccccc3)c2)c1. The zero-order valence-corrected chi connectivity index (χ0v) is 41.7. The Bertz CT molecular complexity index is 3740. The van der Waals surface area contributed by atoms with Crippen molar-refractivity contribution in [2.45, 2.75) is 46.5 Å². The number of halogens is 1.